The van der Waals surface area contributed by atoms with Gasteiger partial charge in [-0.2, -0.15) is 4.98 Å². The molecule has 0 fully saturated rings. The van der Waals surface area contributed by atoms with Crippen molar-refractivity contribution in [2.75, 3.05) is 5.32 Å². The molecule has 0 unspecified atom stereocenters. The number of nitrogens with one attached hydrogen (secondary N) is 2. The van der Waals surface area contributed by atoms with Crippen molar-refractivity contribution in [3.05, 3.63) is 63.6 Å². The number of halogens is 2. The third-order valence-electron chi connectivity index (χ3n) is 2.93. The Kier molecular flexibility index (Phi) is 4.22. The summed E-state index contributed by atoms with van der Waals surface area (Å²) in [5.41, 5.74) is 1.30. The van der Waals surface area contributed by atoms with Gasteiger partial charge in [-0.1, -0.05) is 51.8 Å². The highest BCUT2D eigenvalue weighted by molar-refractivity contribution is 9.10. The van der Waals surface area contributed by atoms with E-state index in [1.165, 1.54) is 0 Å². The highest BCUT2D eigenvalue weighted by Gasteiger charge is 2.12. The summed E-state index contributed by atoms with van der Waals surface area (Å²) in [6.45, 7) is 0. The molecule has 110 valence electrons. The van der Waals surface area contributed by atoms with Crippen LogP contribution in [0.1, 0.15) is 10.4 Å². The Morgan fingerprint density at radius 2 is 2.00 bits per heavy atom. The lowest BCUT2D eigenvalue weighted by Crippen LogP contribution is -2.12. The number of aromatic amines is 1. The van der Waals surface area contributed by atoms with E-state index in [-0.39, 0.29) is 11.9 Å². The molecule has 0 aliphatic heterocycles. The molecular formula is C15H10BrClN4O. The standard InChI is InChI=1S/C15H10BrClN4O/c16-12-7-2-1-6-11(12)13-18-15(21-20-13)19-14(22)9-4-3-5-10(17)8-9/h1-8H,(H2,18,19,20,21,22). The average Bonchev–Trinajstić information content (AvgIpc) is 2.96. The van der Waals surface area contributed by atoms with E-state index in [9.17, 15) is 4.79 Å². The van der Waals surface area contributed by atoms with Crippen LogP contribution >= 0.6 is 27.5 Å². The number of H-pyrrole nitrogens is 1. The Bertz CT molecular complexity index is 834. The van der Waals surface area contributed by atoms with Crippen molar-refractivity contribution in [1.29, 1.82) is 0 Å². The molecule has 0 bridgehead atoms. The molecule has 0 aliphatic carbocycles. The largest absolute Gasteiger partial charge is 0.289 e. The summed E-state index contributed by atoms with van der Waals surface area (Å²) in [4.78, 5) is 16.4. The Balaban J connectivity index is 1.80. The zero-order chi connectivity index (χ0) is 15.5. The predicted octanol–water partition coefficient (Wildman–Crippen LogP) is 4.14. The van der Waals surface area contributed by atoms with Gasteiger partial charge in [0.05, 0.1) is 0 Å². The Morgan fingerprint density at radius 3 is 2.77 bits per heavy atom. The van der Waals surface area contributed by atoms with Crippen molar-refractivity contribution in [3.63, 3.8) is 0 Å². The number of nitrogens with zero attached hydrogens (tertiary/aromatic N) is 2. The highest BCUT2D eigenvalue weighted by Crippen LogP contribution is 2.25. The minimum Gasteiger partial charge on any atom is -0.289 e. The number of anilines is 1. The summed E-state index contributed by atoms with van der Waals surface area (Å²) >= 11 is 9.32. The summed E-state index contributed by atoms with van der Waals surface area (Å²) in [7, 11) is 0. The van der Waals surface area contributed by atoms with Crippen molar-refractivity contribution in [1.82, 2.24) is 15.2 Å². The minimum atomic E-state index is -0.319. The van der Waals surface area contributed by atoms with Crippen molar-refractivity contribution in [2.45, 2.75) is 0 Å². The number of carbonyl (C=O) groups is 1. The van der Waals surface area contributed by atoms with Gasteiger partial charge in [-0.05, 0) is 24.3 Å². The van der Waals surface area contributed by atoms with E-state index in [1.807, 2.05) is 24.3 Å². The van der Waals surface area contributed by atoms with Crippen LogP contribution in [0, 0.1) is 0 Å². The molecule has 7 heteroatoms. The van der Waals surface area contributed by atoms with Gasteiger partial charge in [-0.3, -0.25) is 15.2 Å². The van der Waals surface area contributed by atoms with Crippen LogP contribution in [0.15, 0.2) is 53.0 Å². The normalized spacial score (nSPS) is 10.5. The molecule has 0 atom stereocenters. The fraction of sp³-hybridized carbons (Fsp3) is 0. The van der Waals surface area contributed by atoms with Gasteiger partial charge in [0.15, 0.2) is 5.82 Å². The number of aromatic nitrogens is 3. The molecule has 0 spiro atoms. The van der Waals surface area contributed by atoms with Crippen LogP contribution in [-0.4, -0.2) is 21.1 Å². The molecule has 2 aromatic carbocycles. The first-order chi connectivity index (χ1) is 10.6. The molecule has 1 heterocycles. The van der Waals surface area contributed by atoms with Gasteiger partial charge >= 0.3 is 0 Å². The van der Waals surface area contributed by atoms with Gasteiger partial charge in [0.1, 0.15) is 0 Å². The van der Waals surface area contributed by atoms with Gasteiger partial charge in [0.2, 0.25) is 5.95 Å². The van der Waals surface area contributed by atoms with Crippen LogP contribution in [0.3, 0.4) is 0 Å². The molecule has 1 amide bonds. The number of carbonyl (C=O) groups excluding carboxylic acids is 1. The van der Waals surface area contributed by atoms with E-state index in [0.29, 0.717) is 16.4 Å². The lowest BCUT2D eigenvalue weighted by molar-refractivity contribution is 0.102. The molecule has 5 nitrogen and oxygen atoms in total. The van der Waals surface area contributed by atoms with Gasteiger partial charge in [0.25, 0.3) is 5.91 Å². The number of amides is 1. The zero-order valence-electron chi connectivity index (χ0n) is 11.2. The fourth-order valence-corrected chi connectivity index (χ4v) is 2.56. The number of rotatable bonds is 3. The molecule has 3 aromatic rings. The Morgan fingerprint density at radius 1 is 1.18 bits per heavy atom. The van der Waals surface area contributed by atoms with E-state index in [4.69, 9.17) is 11.6 Å². The summed E-state index contributed by atoms with van der Waals surface area (Å²) in [5.74, 6) is 0.449. The number of benzene rings is 2. The third kappa shape index (κ3) is 3.18. The SMILES string of the molecule is O=C(Nc1n[nH]c(-c2ccccc2Br)n1)c1cccc(Cl)c1. The van der Waals surface area contributed by atoms with Gasteiger partial charge in [-0.25, -0.2) is 0 Å². The first kappa shape index (κ1) is 14.7. The van der Waals surface area contributed by atoms with Crippen molar-refractivity contribution >= 4 is 39.4 Å². The topological polar surface area (TPSA) is 70.7 Å². The number of hydrogen-bond donors (Lipinski definition) is 2. The van der Waals surface area contributed by atoms with E-state index in [2.05, 4.69) is 36.4 Å². The number of hydrogen-bond acceptors (Lipinski definition) is 3. The average molecular weight is 378 g/mol. The maximum Gasteiger partial charge on any atom is 0.258 e. The molecule has 3 rings (SSSR count). The van der Waals surface area contributed by atoms with Crippen LogP contribution < -0.4 is 5.32 Å². The van der Waals surface area contributed by atoms with Crippen LogP contribution in [0.5, 0.6) is 0 Å². The summed E-state index contributed by atoms with van der Waals surface area (Å²) < 4.78 is 0.888. The van der Waals surface area contributed by atoms with Gasteiger partial charge < -0.3 is 0 Å². The lowest BCUT2D eigenvalue weighted by Gasteiger charge is -2.01. The quantitative estimate of drug-likeness (QED) is 0.720. The monoisotopic (exact) mass is 376 g/mol. The molecule has 1 aromatic heterocycles. The molecule has 22 heavy (non-hydrogen) atoms. The predicted molar refractivity (Wildman–Crippen MR) is 88.9 cm³/mol. The maximum atomic E-state index is 12.1. The van der Waals surface area contributed by atoms with Crippen molar-refractivity contribution < 1.29 is 4.79 Å². The zero-order valence-corrected chi connectivity index (χ0v) is 13.5. The highest BCUT2D eigenvalue weighted by atomic mass is 79.9. The van der Waals surface area contributed by atoms with E-state index >= 15 is 0 Å². The summed E-state index contributed by atoms with van der Waals surface area (Å²) in [6.07, 6.45) is 0. The molecule has 2 N–H and O–H groups in total. The van der Waals surface area contributed by atoms with E-state index in [1.54, 1.807) is 24.3 Å². The lowest BCUT2D eigenvalue weighted by atomic mass is 10.2. The van der Waals surface area contributed by atoms with Crippen LogP contribution in [0.2, 0.25) is 5.02 Å². The van der Waals surface area contributed by atoms with Crippen molar-refractivity contribution in [2.24, 2.45) is 0 Å². The molecule has 0 radical (unpaired) electrons. The molecule has 0 aliphatic rings. The fourth-order valence-electron chi connectivity index (χ4n) is 1.89. The van der Waals surface area contributed by atoms with Gasteiger partial charge in [0, 0.05) is 20.6 Å². The van der Waals surface area contributed by atoms with Crippen LogP contribution in [0.25, 0.3) is 11.4 Å². The molecule has 0 saturated carbocycles. The second-order valence-corrected chi connectivity index (χ2v) is 5.74. The molecular weight excluding hydrogens is 368 g/mol. The van der Waals surface area contributed by atoms with Gasteiger partial charge in [-0.15, -0.1) is 5.10 Å². The first-order valence-corrected chi connectivity index (χ1v) is 7.55. The van der Waals surface area contributed by atoms with Crippen molar-refractivity contribution in [3.8, 4) is 11.4 Å². The smallest absolute Gasteiger partial charge is 0.258 e. The first-order valence-electron chi connectivity index (χ1n) is 6.38. The maximum absolute atomic E-state index is 12.1. The Hall–Kier alpha value is -2.18. The summed E-state index contributed by atoms with van der Waals surface area (Å²) in [5, 5.41) is 9.92. The molecule has 0 saturated heterocycles. The second-order valence-electron chi connectivity index (χ2n) is 4.45. The summed E-state index contributed by atoms with van der Waals surface area (Å²) in [6, 6.07) is 14.3. The van der Waals surface area contributed by atoms with E-state index in [0.717, 1.165) is 10.0 Å². The minimum absolute atomic E-state index is 0.204. The third-order valence-corrected chi connectivity index (χ3v) is 3.85. The van der Waals surface area contributed by atoms with E-state index < -0.39 is 0 Å². The van der Waals surface area contributed by atoms with Crippen LogP contribution in [-0.2, 0) is 0 Å². The van der Waals surface area contributed by atoms with Crippen LogP contribution in [0.4, 0.5) is 5.95 Å². The Labute approximate surface area is 139 Å². The second kappa shape index (κ2) is 6.29.